The summed E-state index contributed by atoms with van der Waals surface area (Å²) in [6.07, 6.45) is 1.63. The molecule has 7 aliphatic rings. The van der Waals surface area contributed by atoms with Crippen molar-refractivity contribution in [1.29, 1.82) is 0 Å². The summed E-state index contributed by atoms with van der Waals surface area (Å²) in [7, 11) is 1.70. The molecule has 7 fully saturated rings. The number of hydrogen-bond donors (Lipinski definition) is 2. The minimum absolute atomic E-state index is 0.0249. The van der Waals surface area contributed by atoms with E-state index in [0.717, 1.165) is 32.4 Å². The van der Waals surface area contributed by atoms with E-state index in [9.17, 15) is 15.0 Å². The quantitative estimate of drug-likeness (QED) is 0.676. The summed E-state index contributed by atoms with van der Waals surface area (Å²) in [5, 5.41) is 23.2. The Balaban J connectivity index is 1.58. The number of aliphatic hydroxyl groups excluding tert-OH is 2. The zero-order chi connectivity index (χ0) is 20.8. The molecule has 0 aromatic carbocycles. The Kier molecular flexibility index (Phi) is 3.36. The number of hydrogen-bond acceptors (Lipinski definition) is 7. The number of nitrogens with zero attached hydrogens (tertiary/aromatic N) is 1. The van der Waals surface area contributed by atoms with Crippen LogP contribution in [0.15, 0.2) is 0 Å². The first-order valence-electron chi connectivity index (χ1n) is 11.8. The zero-order valence-electron chi connectivity index (χ0n) is 18.0. The molecule has 2 N–H and O–H groups in total. The van der Waals surface area contributed by atoms with Gasteiger partial charge in [0.1, 0.15) is 12.4 Å². The molecule has 5 saturated carbocycles. The van der Waals surface area contributed by atoms with Crippen LogP contribution in [0.2, 0.25) is 0 Å². The summed E-state index contributed by atoms with van der Waals surface area (Å²) in [5.41, 5.74) is -2.74. The number of carbonyl (C=O) groups is 1. The molecule has 0 amide bonds. The second-order valence-corrected chi connectivity index (χ2v) is 11.5. The lowest BCUT2D eigenvalue weighted by atomic mass is 9.43. The van der Waals surface area contributed by atoms with Crippen LogP contribution in [0, 0.1) is 34.5 Å². The third kappa shape index (κ3) is 1.52. The van der Waals surface area contributed by atoms with Gasteiger partial charge in [0.25, 0.3) is 0 Å². The number of likely N-dealkylation sites (tertiary alicyclic amines) is 1. The molecule has 166 valence electrons. The number of aliphatic hydroxyl groups is 2. The first kappa shape index (κ1) is 18.9. The Morgan fingerprint density at radius 2 is 2.10 bits per heavy atom. The van der Waals surface area contributed by atoms with Crippen LogP contribution in [0.5, 0.6) is 0 Å². The Hall–Kier alpha value is -0.570. The summed E-state index contributed by atoms with van der Waals surface area (Å²) in [4.78, 5) is 17.0. The van der Waals surface area contributed by atoms with Crippen molar-refractivity contribution in [2.24, 2.45) is 34.5 Å². The van der Waals surface area contributed by atoms with Crippen LogP contribution < -0.4 is 0 Å². The average molecular weight is 420 g/mol. The van der Waals surface area contributed by atoms with Crippen LogP contribution >= 0.6 is 0 Å². The van der Waals surface area contributed by atoms with E-state index < -0.39 is 28.8 Å². The topological polar surface area (TPSA) is 88.5 Å². The van der Waals surface area contributed by atoms with Crippen molar-refractivity contribution in [3.63, 3.8) is 0 Å². The van der Waals surface area contributed by atoms with E-state index in [4.69, 9.17) is 14.2 Å². The number of carbonyl (C=O) groups excluding carboxylic acids is 1. The first-order chi connectivity index (χ1) is 14.3. The lowest BCUT2D eigenvalue weighted by Crippen LogP contribution is -2.80. The molecule has 0 radical (unpaired) electrons. The highest BCUT2D eigenvalue weighted by Crippen LogP contribution is 2.80. The Morgan fingerprint density at radius 3 is 2.83 bits per heavy atom. The predicted molar refractivity (Wildman–Crippen MR) is 104 cm³/mol. The molecule has 2 saturated heterocycles. The van der Waals surface area contributed by atoms with Gasteiger partial charge in [0.2, 0.25) is 0 Å². The summed E-state index contributed by atoms with van der Waals surface area (Å²) in [6, 6.07) is -0.193. The highest BCUT2D eigenvalue weighted by molar-refractivity contribution is 5.98. The fraction of sp³-hybridized carbons (Fsp3) is 0.957. The molecule has 0 aromatic heterocycles. The number of Topliss-reactive ketones (excluding diaryl/α,β-unsaturated/α-hetero) is 1. The van der Waals surface area contributed by atoms with Crippen molar-refractivity contribution in [3.05, 3.63) is 0 Å². The molecule has 5 aliphatic carbocycles. The van der Waals surface area contributed by atoms with Gasteiger partial charge in [0.05, 0.1) is 24.4 Å². The largest absolute Gasteiger partial charge is 0.392 e. The normalized spacial score (nSPS) is 65.2. The van der Waals surface area contributed by atoms with E-state index in [0.29, 0.717) is 6.42 Å². The summed E-state index contributed by atoms with van der Waals surface area (Å²) < 4.78 is 18.8. The van der Waals surface area contributed by atoms with Gasteiger partial charge in [-0.2, -0.15) is 0 Å². The fourth-order valence-corrected chi connectivity index (χ4v) is 10.5. The highest BCUT2D eigenvalue weighted by atomic mass is 16.7. The van der Waals surface area contributed by atoms with Crippen molar-refractivity contribution < 1.29 is 29.2 Å². The SMILES string of the molecule is CCN1C[C@]2(C)CC[C@H](O)[C@@]34[C@@H]5C[C@H]6[C@H](O)[C@@H]5[C@@]5(C[C@@H]6OC)OCO[C@]5(C(=O)[C@H]23)[C@@H]14. The summed E-state index contributed by atoms with van der Waals surface area (Å²) >= 11 is 0. The van der Waals surface area contributed by atoms with E-state index in [1.807, 2.05) is 0 Å². The van der Waals surface area contributed by atoms with Gasteiger partial charge in [0.15, 0.2) is 11.4 Å². The minimum atomic E-state index is -1.12. The third-order valence-electron chi connectivity index (χ3n) is 11.0. The number of ketones is 1. The van der Waals surface area contributed by atoms with E-state index in [2.05, 4.69) is 18.7 Å². The molecule has 0 unspecified atom stereocenters. The van der Waals surface area contributed by atoms with Crippen LogP contribution in [0.1, 0.15) is 39.5 Å². The van der Waals surface area contributed by atoms with Gasteiger partial charge in [-0.1, -0.05) is 13.8 Å². The van der Waals surface area contributed by atoms with E-state index in [-0.39, 0.29) is 53.8 Å². The Bertz CT molecular complexity index is 837. The standard InChI is InChI=1S/C23H33NO6/c1-4-24-9-20(2)6-5-14(25)22-12-7-11-13(28-3)8-21(15(12)16(11)26)23(19(22)24,30-10-29-21)18(27)17(20)22/h11-17,19,25-26H,4-10H2,1-3H3/t11-,12-,13+,14+,15-,16+,17-,19+,20+,21-,22+,23-/m1/s1. The van der Waals surface area contributed by atoms with Crippen molar-refractivity contribution in [1.82, 2.24) is 4.90 Å². The van der Waals surface area contributed by atoms with Crippen LogP contribution in [-0.2, 0) is 19.0 Å². The smallest absolute Gasteiger partial charge is 0.174 e. The molecule has 2 heterocycles. The lowest BCUT2D eigenvalue weighted by Gasteiger charge is -2.68. The van der Waals surface area contributed by atoms with Crippen LogP contribution in [0.25, 0.3) is 0 Å². The van der Waals surface area contributed by atoms with Gasteiger partial charge in [-0.15, -0.1) is 0 Å². The van der Waals surface area contributed by atoms with Crippen molar-refractivity contribution in [2.75, 3.05) is 27.0 Å². The number of fused-ring (bicyclic) bond motifs is 1. The van der Waals surface area contributed by atoms with Gasteiger partial charge < -0.3 is 24.4 Å². The molecule has 12 atom stereocenters. The molecular formula is C23H33NO6. The van der Waals surface area contributed by atoms with Crippen molar-refractivity contribution in [3.8, 4) is 0 Å². The highest BCUT2D eigenvalue weighted by Gasteiger charge is 2.93. The van der Waals surface area contributed by atoms with E-state index in [1.165, 1.54) is 0 Å². The molecular weight excluding hydrogens is 386 g/mol. The number of ether oxygens (including phenoxy) is 3. The van der Waals surface area contributed by atoms with Gasteiger partial charge >= 0.3 is 0 Å². The Morgan fingerprint density at radius 1 is 1.30 bits per heavy atom. The molecule has 3 spiro atoms. The predicted octanol–water partition coefficient (Wildman–Crippen LogP) is 0.564. The van der Waals surface area contributed by atoms with Gasteiger partial charge in [-0.25, -0.2) is 0 Å². The molecule has 7 bridgehead atoms. The van der Waals surface area contributed by atoms with Crippen LogP contribution in [0.4, 0.5) is 0 Å². The number of methoxy groups -OCH3 is 1. The molecule has 7 rings (SSSR count). The molecule has 0 aromatic rings. The monoisotopic (exact) mass is 419 g/mol. The second-order valence-electron chi connectivity index (χ2n) is 11.5. The maximum atomic E-state index is 14.5. The summed E-state index contributed by atoms with van der Waals surface area (Å²) in [5.74, 6) is -0.218. The molecule has 2 aliphatic heterocycles. The van der Waals surface area contributed by atoms with Crippen molar-refractivity contribution in [2.45, 2.75) is 75.1 Å². The van der Waals surface area contributed by atoms with Crippen molar-refractivity contribution >= 4 is 5.78 Å². The molecule has 7 heteroatoms. The Labute approximate surface area is 177 Å². The number of rotatable bonds is 2. The molecule has 30 heavy (non-hydrogen) atoms. The zero-order valence-corrected chi connectivity index (χ0v) is 18.0. The maximum Gasteiger partial charge on any atom is 0.174 e. The fourth-order valence-electron chi connectivity index (χ4n) is 10.5. The van der Waals surface area contributed by atoms with E-state index in [1.54, 1.807) is 7.11 Å². The van der Waals surface area contributed by atoms with Crippen LogP contribution in [0.3, 0.4) is 0 Å². The molecule has 7 nitrogen and oxygen atoms in total. The maximum absolute atomic E-state index is 14.5. The lowest BCUT2D eigenvalue weighted by molar-refractivity contribution is -0.276. The van der Waals surface area contributed by atoms with E-state index >= 15 is 0 Å². The van der Waals surface area contributed by atoms with Crippen LogP contribution in [-0.4, -0.2) is 83.4 Å². The minimum Gasteiger partial charge on any atom is -0.392 e. The first-order valence-corrected chi connectivity index (χ1v) is 11.8. The van der Waals surface area contributed by atoms with Gasteiger partial charge in [-0.05, 0) is 37.1 Å². The van der Waals surface area contributed by atoms with Gasteiger partial charge in [-0.3, -0.25) is 9.69 Å². The summed E-state index contributed by atoms with van der Waals surface area (Å²) in [6.45, 7) is 6.14. The second kappa shape index (κ2) is 5.32. The van der Waals surface area contributed by atoms with Gasteiger partial charge in [0, 0.05) is 43.2 Å². The number of likely N-dealkylation sites (N-methyl/N-ethyl adjacent to an activating group) is 1. The average Bonchev–Trinajstić information content (AvgIpc) is 3.27. The third-order valence-corrected chi connectivity index (χ3v) is 11.0. The number of piperidine rings is 1.